The van der Waals surface area contributed by atoms with Crippen LogP contribution in [-0.4, -0.2) is 0 Å². The molecule has 320 valence electrons. The minimum absolute atomic E-state index is 0.842. The average Bonchev–Trinajstić information content (AvgIpc) is 3.99. The monoisotopic (exact) mass is 870 g/mol. The fourth-order valence-electron chi connectivity index (χ4n) is 11.0. The molecule has 0 N–H and O–H groups in total. The number of anilines is 5. The highest BCUT2D eigenvalue weighted by Gasteiger charge is 2.26. The molecule has 4 heteroatoms. The fraction of sp³-hybridized carbons (Fsp3) is 0.0312. The van der Waals surface area contributed by atoms with Gasteiger partial charge in [-0.2, -0.15) is 0 Å². The summed E-state index contributed by atoms with van der Waals surface area (Å²) >= 11 is 0. The van der Waals surface area contributed by atoms with Crippen molar-refractivity contribution in [3.8, 4) is 0 Å². The van der Waals surface area contributed by atoms with Crippen molar-refractivity contribution >= 4 is 121 Å². The topological polar surface area (TPSA) is 32.8 Å². The van der Waals surface area contributed by atoms with Crippen LogP contribution >= 0.6 is 0 Å². The van der Waals surface area contributed by atoms with E-state index in [-0.39, 0.29) is 0 Å². The first kappa shape index (κ1) is 38.4. The first-order valence-corrected chi connectivity index (χ1v) is 23.5. The highest BCUT2D eigenvalue weighted by Crippen LogP contribution is 2.48. The summed E-state index contributed by atoms with van der Waals surface area (Å²) in [6.07, 6.45) is 6.37. The van der Waals surface area contributed by atoms with Gasteiger partial charge in [0.25, 0.3) is 0 Å². The Kier molecular flexibility index (Phi) is 8.68. The lowest BCUT2D eigenvalue weighted by Crippen LogP contribution is -2.18. The molecule has 0 amide bonds. The molecule has 68 heavy (non-hydrogen) atoms. The van der Waals surface area contributed by atoms with Gasteiger partial charge in [-0.05, 0) is 111 Å². The lowest BCUT2D eigenvalue weighted by atomic mass is 9.93. The van der Waals surface area contributed by atoms with E-state index >= 15 is 0 Å². The molecular weight excluding hydrogens is 829 g/mol. The molecule has 0 radical (unpaired) electrons. The summed E-state index contributed by atoms with van der Waals surface area (Å²) in [5.74, 6) is 0. The minimum Gasteiger partial charge on any atom is -0.454 e. The second kappa shape index (κ2) is 15.4. The van der Waals surface area contributed by atoms with Gasteiger partial charge in [-0.15, -0.1) is 0 Å². The fourth-order valence-corrected chi connectivity index (χ4v) is 11.0. The Labute approximate surface area is 392 Å². The second-order valence-corrected chi connectivity index (χ2v) is 17.9. The van der Waals surface area contributed by atoms with Gasteiger partial charge in [-0.25, -0.2) is 0 Å². The van der Waals surface area contributed by atoms with E-state index in [1.807, 2.05) is 12.1 Å². The maximum absolute atomic E-state index is 6.75. The van der Waals surface area contributed by atoms with Crippen molar-refractivity contribution in [1.29, 1.82) is 0 Å². The molecule has 2 aromatic heterocycles. The Morgan fingerprint density at radius 1 is 0.309 bits per heavy atom. The van der Waals surface area contributed by atoms with Crippen LogP contribution < -0.4 is 9.80 Å². The van der Waals surface area contributed by atoms with E-state index in [4.69, 9.17) is 8.83 Å². The van der Waals surface area contributed by atoms with Gasteiger partial charge in [-0.1, -0.05) is 176 Å². The van der Waals surface area contributed by atoms with Crippen LogP contribution in [0.5, 0.6) is 0 Å². The van der Waals surface area contributed by atoms with Crippen LogP contribution in [0, 0.1) is 0 Å². The molecule has 0 unspecified atom stereocenters. The standard InChI is InChI=1S/C64H42N2O2/c1-3-17-47-43(15-1)39-59(51-21-7-5-19-49(47)51)65(57-27-13-25-55-53-23-9-11-29-61(53)67-63(55)57)45-35-31-41(32-36-45)42-33-37-46(38-34-42)66(58-28-14-26-56-54-24-10-12-30-62(54)68-64(56)58)60-40-44-16-2-4-18-48(44)50-20-6-8-22-52(50)60/h1-33,35-37,39-40H,34,38H2. The Morgan fingerprint density at radius 3 is 1.28 bits per heavy atom. The summed E-state index contributed by atoms with van der Waals surface area (Å²) in [5, 5.41) is 14.2. The lowest BCUT2D eigenvalue weighted by Gasteiger charge is -2.31. The number of hydrogen-bond acceptors (Lipinski definition) is 4. The number of nitrogens with zero attached hydrogens (tertiary/aromatic N) is 2. The summed E-state index contributed by atoms with van der Waals surface area (Å²) in [5.41, 5.74) is 12.6. The highest BCUT2D eigenvalue weighted by atomic mass is 16.3. The molecule has 0 saturated heterocycles. The maximum atomic E-state index is 6.75. The van der Waals surface area contributed by atoms with E-state index in [1.165, 1.54) is 59.9 Å². The van der Waals surface area contributed by atoms with Crippen molar-refractivity contribution in [2.45, 2.75) is 12.8 Å². The molecule has 11 aromatic carbocycles. The van der Waals surface area contributed by atoms with Crippen molar-refractivity contribution in [1.82, 2.24) is 0 Å². The van der Waals surface area contributed by atoms with Gasteiger partial charge in [0, 0.05) is 43.7 Å². The predicted molar refractivity (Wildman–Crippen MR) is 286 cm³/mol. The number of furan rings is 2. The number of fused-ring (bicyclic) bond motifs is 12. The van der Waals surface area contributed by atoms with Gasteiger partial charge < -0.3 is 18.6 Å². The number of hydrogen-bond donors (Lipinski definition) is 0. The van der Waals surface area contributed by atoms with Gasteiger partial charge in [0.2, 0.25) is 0 Å². The number of para-hydroxylation sites is 4. The normalized spacial score (nSPS) is 13.1. The summed E-state index contributed by atoms with van der Waals surface area (Å²) in [6.45, 7) is 0. The quantitative estimate of drug-likeness (QED) is 0.149. The molecule has 0 fully saturated rings. The molecule has 0 saturated carbocycles. The number of allylic oxidation sites excluding steroid dienone is 4. The van der Waals surface area contributed by atoms with Gasteiger partial charge in [0.05, 0.1) is 22.7 Å². The van der Waals surface area contributed by atoms with Gasteiger partial charge in [0.1, 0.15) is 11.2 Å². The summed E-state index contributed by atoms with van der Waals surface area (Å²) in [7, 11) is 0. The summed E-state index contributed by atoms with van der Waals surface area (Å²) in [4.78, 5) is 4.85. The SMILES string of the molecule is C1=C(c2ccc(N(c3cc4ccccc4c4ccccc34)c3cccc4c3oc3ccccc34)cc2)CCC(N(c2cc3ccccc3c3ccccc23)c2cccc3c2oc2ccccc23)=C1. The smallest absolute Gasteiger partial charge is 0.159 e. The van der Waals surface area contributed by atoms with Crippen LogP contribution in [-0.2, 0) is 0 Å². The van der Waals surface area contributed by atoms with Crippen molar-refractivity contribution < 1.29 is 8.83 Å². The zero-order chi connectivity index (χ0) is 44.7. The second-order valence-electron chi connectivity index (χ2n) is 17.9. The van der Waals surface area contributed by atoms with Crippen LogP contribution in [0.25, 0.3) is 92.5 Å². The molecular formula is C64H42N2O2. The number of benzene rings is 11. The molecule has 0 bridgehead atoms. The first-order chi connectivity index (χ1) is 33.7. The van der Waals surface area contributed by atoms with Gasteiger partial charge in [0.15, 0.2) is 11.2 Å². The largest absolute Gasteiger partial charge is 0.454 e. The van der Waals surface area contributed by atoms with E-state index in [1.54, 1.807) is 0 Å². The van der Waals surface area contributed by atoms with Gasteiger partial charge >= 0.3 is 0 Å². The number of rotatable bonds is 7. The maximum Gasteiger partial charge on any atom is 0.159 e. The molecule has 1 aliphatic rings. The van der Waals surface area contributed by atoms with Crippen molar-refractivity contribution in [2.24, 2.45) is 0 Å². The third-order valence-electron chi connectivity index (χ3n) is 14.1. The Hall–Kier alpha value is -8.86. The lowest BCUT2D eigenvalue weighted by molar-refractivity contribution is 0.668. The Bertz CT molecular complexity index is 4230. The first-order valence-electron chi connectivity index (χ1n) is 23.5. The van der Waals surface area contributed by atoms with Crippen LogP contribution in [0.1, 0.15) is 18.4 Å². The van der Waals surface area contributed by atoms with Gasteiger partial charge in [-0.3, -0.25) is 0 Å². The van der Waals surface area contributed by atoms with Crippen LogP contribution in [0.3, 0.4) is 0 Å². The molecule has 0 atom stereocenters. The minimum atomic E-state index is 0.842. The summed E-state index contributed by atoms with van der Waals surface area (Å²) < 4.78 is 13.5. The van der Waals surface area contributed by atoms with Crippen molar-refractivity contribution in [3.05, 3.63) is 242 Å². The van der Waals surface area contributed by atoms with Crippen molar-refractivity contribution in [2.75, 3.05) is 9.80 Å². The van der Waals surface area contributed by atoms with E-state index < -0.39 is 0 Å². The molecule has 2 heterocycles. The molecule has 13 aromatic rings. The molecule has 0 spiro atoms. The molecule has 1 aliphatic carbocycles. The van der Waals surface area contributed by atoms with E-state index in [9.17, 15) is 0 Å². The van der Waals surface area contributed by atoms with E-state index in [0.717, 1.165) is 85.2 Å². The predicted octanol–water partition coefficient (Wildman–Crippen LogP) is 18.5. The Morgan fingerprint density at radius 2 is 0.750 bits per heavy atom. The summed E-state index contributed by atoms with van der Waals surface area (Å²) in [6, 6.07) is 78.6. The average molecular weight is 871 g/mol. The molecule has 4 nitrogen and oxygen atoms in total. The molecule has 0 aliphatic heterocycles. The molecule has 14 rings (SSSR count). The zero-order valence-corrected chi connectivity index (χ0v) is 37.1. The third-order valence-corrected chi connectivity index (χ3v) is 14.1. The Balaban J connectivity index is 0.913. The van der Waals surface area contributed by atoms with Crippen LogP contribution in [0.2, 0.25) is 0 Å². The van der Waals surface area contributed by atoms with E-state index in [2.05, 4.69) is 228 Å². The zero-order valence-electron chi connectivity index (χ0n) is 37.1. The van der Waals surface area contributed by atoms with Crippen molar-refractivity contribution in [3.63, 3.8) is 0 Å². The van der Waals surface area contributed by atoms with Crippen LogP contribution in [0.15, 0.2) is 245 Å². The third kappa shape index (κ3) is 6.01. The van der Waals surface area contributed by atoms with Crippen LogP contribution in [0.4, 0.5) is 28.4 Å². The highest BCUT2D eigenvalue weighted by molar-refractivity contribution is 6.18. The van der Waals surface area contributed by atoms with E-state index in [0.29, 0.717) is 0 Å².